The van der Waals surface area contributed by atoms with Gasteiger partial charge in [-0.1, -0.05) is 52.3 Å². The number of nitrogens with zero attached hydrogens (tertiary/aromatic N) is 5. The van der Waals surface area contributed by atoms with Crippen molar-refractivity contribution < 1.29 is 14.3 Å². The number of likely N-dealkylation sites (N-methyl/N-ethyl adjacent to an activating group) is 1. The van der Waals surface area contributed by atoms with E-state index in [2.05, 4.69) is 41.7 Å². The molecule has 0 spiro atoms. The standard InChI is InChI=1S/C31H45N7O3/c1-7-9-26(37(6)28(40)8-2)27(39)17-23-16-22(11-10-21(23)5)18-32-31-36-30(34-24-12-14-41-15-13-24)35-29-25(20(3)4)19-33-38(29)31/h10-11,16,19-20,24,26H,7-9,12-15,17-18H2,1-6H3,(H2,32,34,35,36). The molecule has 1 aliphatic rings. The number of hydrogen-bond donors (Lipinski definition) is 2. The second kappa shape index (κ2) is 13.9. The molecule has 1 atom stereocenters. The molecule has 2 N–H and O–H groups in total. The second-order valence-corrected chi connectivity index (χ2v) is 11.3. The molecule has 10 heteroatoms. The number of aryl methyl sites for hydroxylation is 1. The molecule has 0 aliphatic carbocycles. The minimum atomic E-state index is -0.403. The third-order valence-electron chi connectivity index (χ3n) is 7.90. The van der Waals surface area contributed by atoms with Crippen LogP contribution in [-0.4, -0.2) is 68.5 Å². The fraction of sp³-hybridized carbons (Fsp3) is 0.581. The number of hydrogen-bond acceptors (Lipinski definition) is 8. The molecule has 222 valence electrons. The van der Waals surface area contributed by atoms with Gasteiger partial charge in [-0.05, 0) is 48.8 Å². The van der Waals surface area contributed by atoms with Crippen LogP contribution in [0.15, 0.2) is 24.4 Å². The maximum atomic E-state index is 13.4. The summed E-state index contributed by atoms with van der Waals surface area (Å²) < 4.78 is 7.27. The molecule has 1 amide bonds. The Hall–Kier alpha value is -3.53. The number of rotatable bonds is 13. The molecule has 2 aromatic heterocycles. The minimum Gasteiger partial charge on any atom is -0.381 e. The summed E-state index contributed by atoms with van der Waals surface area (Å²) in [7, 11) is 1.74. The van der Waals surface area contributed by atoms with E-state index in [4.69, 9.17) is 14.7 Å². The first-order valence-electron chi connectivity index (χ1n) is 14.9. The van der Waals surface area contributed by atoms with Crippen molar-refractivity contribution in [3.8, 4) is 0 Å². The number of fused-ring (bicyclic) bond motifs is 1. The monoisotopic (exact) mass is 563 g/mol. The molecule has 0 bridgehead atoms. The first-order valence-corrected chi connectivity index (χ1v) is 14.9. The van der Waals surface area contributed by atoms with Gasteiger partial charge in [-0.15, -0.1) is 0 Å². The number of anilines is 2. The summed E-state index contributed by atoms with van der Waals surface area (Å²) in [5.74, 6) is 1.53. The Morgan fingerprint density at radius 3 is 2.61 bits per heavy atom. The van der Waals surface area contributed by atoms with Gasteiger partial charge in [0, 0.05) is 51.3 Å². The lowest BCUT2D eigenvalue weighted by molar-refractivity contribution is -0.137. The van der Waals surface area contributed by atoms with Crippen molar-refractivity contribution in [2.45, 2.75) is 97.7 Å². The van der Waals surface area contributed by atoms with Crippen LogP contribution in [0.25, 0.3) is 5.65 Å². The quantitative estimate of drug-likeness (QED) is 0.302. The molecule has 1 aromatic carbocycles. The molecule has 10 nitrogen and oxygen atoms in total. The largest absolute Gasteiger partial charge is 0.381 e. The van der Waals surface area contributed by atoms with Crippen LogP contribution < -0.4 is 10.6 Å². The number of ether oxygens (including phenoxy) is 1. The van der Waals surface area contributed by atoms with E-state index in [9.17, 15) is 9.59 Å². The maximum absolute atomic E-state index is 13.4. The Labute approximate surface area is 243 Å². The normalized spacial score (nSPS) is 14.8. The van der Waals surface area contributed by atoms with Gasteiger partial charge in [-0.3, -0.25) is 9.59 Å². The second-order valence-electron chi connectivity index (χ2n) is 11.3. The fourth-order valence-corrected chi connectivity index (χ4v) is 5.28. The number of carbonyl (C=O) groups is 2. The first-order chi connectivity index (χ1) is 19.7. The molecule has 4 rings (SSSR count). The van der Waals surface area contributed by atoms with Crippen LogP contribution in [0.1, 0.15) is 88.0 Å². The van der Waals surface area contributed by atoms with Crippen molar-refractivity contribution in [2.24, 2.45) is 0 Å². The highest BCUT2D eigenvalue weighted by atomic mass is 16.5. The maximum Gasteiger partial charge on any atom is 0.229 e. The van der Waals surface area contributed by atoms with Crippen molar-refractivity contribution in [3.05, 3.63) is 46.6 Å². The molecule has 1 unspecified atom stereocenters. The third-order valence-corrected chi connectivity index (χ3v) is 7.90. The predicted molar refractivity (Wildman–Crippen MR) is 161 cm³/mol. The van der Waals surface area contributed by atoms with Crippen molar-refractivity contribution in [1.82, 2.24) is 24.5 Å². The Morgan fingerprint density at radius 2 is 1.93 bits per heavy atom. The van der Waals surface area contributed by atoms with Gasteiger partial charge in [-0.2, -0.15) is 19.6 Å². The summed E-state index contributed by atoms with van der Waals surface area (Å²) in [6.45, 7) is 12.1. The van der Waals surface area contributed by atoms with E-state index in [1.807, 2.05) is 33.0 Å². The van der Waals surface area contributed by atoms with Crippen molar-refractivity contribution >= 4 is 29.2 Å². The van der Waals surface area contributed by atoms with Crippen LogP contribution >= 0.6 is 0 Å². The number of amides is 1. The summed E-state index contributed by atoms with van der Waals surface area (Å²) in [5.41, 5.74) is 4.92. The van der Waals surface area contributed by atoms with Gasteiger partial charge in [0.15, 0.2) is 11.4 Å². The van der Waals surface area contributed by atoms with Gasteiger partial charge < -0.3 is 20.3 Å². The third kappa shape index (κ3) is 7.41. The van der Waals surface area contributed by atoms with Crippen LogP contribution in [0.4, 0.5) is 11.9 Å². The van der Waals surface area contributed by atoms with Gasteiger partial charge in [0.05, 0.1) is 12.2 Å². The first kappa shape index (κ1) is 30.4. The molecule has 3 heterocycles. The fourth-order valence-electron chi connectivity index (χ4n) is 5.28. The smallest absolute Gasteiger partial charge is 0.229 e. The van der Waals surface area contributed by atoms with E-state index in [-0.39, 0.29) is 23.7 Å². The zero-order chi connectivity index (χ0) is 29.5. The molecule has 0 radical (unpaired) electrons. The number of Topliss-reactive ketones (excluding diaryl/α,β-unsaturated/α-hetero) is 1. The Balaban J connectivity index is 1.54. The molecule has 1 saturated heterocycles. The summed E-state index contributed by atoms with van der Waals surface area (Å²) >= 11 is 0. The van der Waals surface area contributed by atoms with Crippen LogP contribution in [0.3, 0.4) is 0 Å². The van der Waals surface area contributed by atoms with Gasteiger partial charge in [-0.25, -0.2) is 0 Å². The molecule has 1 fully saturated rings. The lowest BCUT2D eigenvalue weighted by Crippen LogP contribution is -2.42. The summed E-state index contributed by atoms with van der Waals surface area (Å²) in [6.07, 6.45) is 5.88. The van der Waals surface area contributed by atoms with Crippen molar-refractivity contribution in [2.75, 3.05) is 30.9 Å². The summed E-state index contributed by atoms with van der Waals surface area (Å²) in [5, 5.41) is 11.6. The zero-order valence-corrected chi connectivity index (χ0v) is 25.4. The Bertz CT molecular complexity index is 1350. The SMILES string of the molecule is CCCC(C(=O)Cc1cc(CNc2nc(NC3CCOCC3)nc3c(C(C)C)cnn23)ccc1C)N(C)C(=O)CC. The lowest BCUT2D eigenvalue weighted by Gasteiger charge is -2.27. The average Bonchev–Trinajstić information content (AvgIpc) is 3.40. The Kier molecular flexibility index (Phi) is 10.3. The van der Waals surface area contributed by atoms with E-state index in [0.29, 0.717) is 37.7 Å². The highest BCUT2D eigenvalue weighted by molar-refractivity contribution is 5.90. The van der Waals surface area contributed by atoms with Gasteiger partial charge >= 0.3 is 0 Å². The minimum absolute atomic E-state index is 0.00689. The zero-order valence-electron chi connectivity index (χ0n) is 25.4. The van der Waals surface area contributed by atoms with Gasteiger partial charge in [0.25, 0.3) is 0 Å². The number of nitrogens with one attached hydrogen (secondary N) is 2. The molecule has 0 saturated carbocycles. The van der Waals surface area contributed by atoms with E-state index in [1.54, 1.807) is 16.5 Å². The highest BCUT2D eigenvalue weighted by Crippen LogP contribution is 2.24. The van der Waals surface area contributed by atoms with E-state index in [0.717, 1.165) is 60.4 Å². The van der Waals surface area contributed by atoms with E-state index >= 15 is 0 Å². The van der Waals surface area contributed by atoms with Crippen LogP contribution in [0.2, 0.25) is 0 Å². The predicted octanol–water partition coefficient (Wildman–Crippen LogP) is 4.91. The van der Waals surface area contributed by atoms with Crippen LogP contribution in [-0.2, 0) is 27.3 Å². The van der Waals surface area contributed by atoms with E-state index < -0.39 is 6.04 Å². The topological polar surface area (TPSA) is 114 Å². The Morgan fingerprint density at radius 1 is 1.17 bits per heavy atom. The van der Waals surface area contributed by atoms with Crippen molar-refractivity contribution in [3.63, 3.8) is 0 Å². The molecule has 41 heavy (non-hydrogen) atoms. The van der Waals surface area contributed by atoms with Crippen LogP contribution in [0, 0.1) is 6.92 Å². The number of carbonyl (C=O) groups excluding carboxylic acids is 2. The molecule has 1 aliphatic heterocycles. The molecular weight excluding hydrogens is 518 g/mol. The number of benzene rings is 1. The highest BCUT2D eigenvalue weighted by Gasteiger charge is 2.26. The van der Waals surface area contributed by atoms with Gasteiger partial charge in [0.2, 0.25) is 17.8 Å². The average molecular weight is 564 g/mol. The summed E-state index contributed by atoms with van der Waals surface area (Å²) in [6, 6.07) is 6.06. The summed E-state index contributed by atoms with van der Waals surface area (Å²) in [4.78, 5) is 36.9. The van der Waals surface area contributed by atoms with Crippen LogP contribution in [0.5, 0.6) is 0 Å². The number of aromatic nitrogens is 4. The number of ketones is 1. The van der Waals surface area contributed by atoms with E-state index in [1.165, 1.54) is 0 Å². The van der Waals surface area contributed by atoms with Crippen molar-refractivity contribution in [1.29, 1.82) is 0 Å². The molecular formula is C31H45N7O3. The van der Waals surface area contributed by atoms with Gasteiger partial charge in [0.1, 0.15) is 0 Å². The lowest BCUT2D eigenvalue weighted by atomic mass is 9.95. The molecule has 3 aromatic rings.